The summed E-state index contributed by atoms with van der Waals surface area (Å²) in [6, 6.07) is 6.09. The van der Waals surface area contributed by atoms with Gasteiger partial charge in [-0.05, 0) is 23.0 Å². The molecule has 0 spiro atoms. The van der Waals surface area contributed by atoms with Gasteiger partial charge in [-0.25, -0.2) is 0 Å². The zero-order chi connectivity index (χ0) is 19.3. The molecule has 0 saturated carbocycles. The Kier molecular flexibility index (Phi) is 14.9. The van der Waals surface area contributed by atoms with Gasteiger partial charge in [-0.3, -0.25) is 4.79 Å². The minimum atomic E-state index is -0.393. The second-order valence-corrected chi connectivity index (χ2v) is 8.09. The van der Waals surface area contributed by atoms with E-state index in [-0.39, 0.29) is 5.75 Å². The van der Waals surface area contributed by atoms with Crippen LogP contribution in [0.4, 0.5) is 0 Å². The Bertz CT molecular complexity index is 386. The molecule has 0 heterocycles. The highest BCUT2D eigenvalue weighted by Crippen LogP contribution is 2.17. The lowest BCUT2D eigenvalue weighted by Crippen LogP contribution is -2.00. The van der Waals surface area contributed by atoms with E-state index in [1.54, 1.807) is 12.1 Å². The van der Waals surface area contributed by atoms with Crippen molar-refractivity contribution in [3.63, 3.8) is 0 Å². The van der Waals surface area contributed by atoms with Crippen molar-refractivity contribution in [3.8, 4) is 11.5 Å². The number of phenolic OH excluding ortho intramolecular Hbond substituents is 1. The molecule has 1 aromatic carbocycles. The van der Waals surface area contributed by atoms with Crippen molar-refractivity contribution in [1.29, 1.82) is 0 Å². The predicted molar refractivity (Wildman–Crippen MR) is 101 cm³/mol. The summed E-state index contributed by atoms with van der Waals surface area (Å²) in [6.45, 7) is 22.8. The number of hydrogen-bond donors (Lipinski definition) is 1. The fourth-order valence-corrected chi connectivity index (χ4v) is 0.713. The summed E-state index contributed by atoms with van der Waals surface area (Å²) < 4.78 is 4.70. The monoisotopic (exact) mass is 326 g/mol. The lowest BCUT2D eigenvalue weighted by Gasteiger charge is -2.05. The molecule has 0 fully saturated rings. The Morgan fingerprint density at radius 1 is 0.913 bits per heavy atom. The molecule has 23 heavy (non-hydrogen) atoms. The second-order valence-electron chi connectivity index (χ2n) is 8.09. The molecular formula is C20H38O3. The lowest BCUT2D eigenvalue weighted by molar-refractivity contribution is -0.131. The summed E-state index contributed by atoms with van der Waals surface area (Å²) in [6.07, 6.45) is 0. The molecule has 0 amide bonds. The molecule has 3 heteroatoms. The van der Waals surface area contributed by atoms with Gasteiger partial charge in [0.1, 0.15) is 11.5 Å². The van der Waals surface area contributed by atoms with Crippen LogP contribution in [-0.2, 0) is 4.79 Å². The highest BCUT2D eigenvalue weighted by Gasteiger charge is 1.97. The molecule has 1 N–H and O–H groups in total. The van der Waals surface area contributed by atoms with Gasteiger partial charge in [-0.15, -0.1) is 0 Å². The van der Waals surface area contributed by atoms with E-state index in [0.717, 1.165) is 0 Å². The normalized spacial score (nSPS) is 9.87. The summed E-state index contributed by atoms with van der Waals surface area (Å²) >= 11 is 0. The van der Waals surface area contributed by atoms with Gasteiger partial charge in [0.25, 0.3) is 0 Å². The highest BCUT2D eigenvalue weighted by atomic mass is 16.5. The number of carbonyl (C=O) groups excluding carboxylic acids is 1. The first-order valence-corrected chi connectivity index (χ1v) is 8.16. The van der Waals surface area contributed by atoms with Crippen LogP contribution < -0.4 is 4.74 Å². The molecule has 0 atom stereocenters. The summed E-state index contributed by atoms with van der Waals surface area (Å²) in [4.78, 5) is 10.4. The first-order valence-electron chi connectivity index (χ1n) is 8.16. The van der Waals surface area contributed by atoms with E-state index in [9.17, 15) is 4.79 Å². The third-order valence-corrected chi connectivity index (χ3v) is 1.08. The van der Waals surface area contributed by atoms with E-state index in [1.807, 2.05) is 13.8 Å². The van der Waals surface area contributed by atoms with Crippen LogP contribution in [-0.4, -0.2) is 11.1 Å². The largest absolute Gasteiger partial charge is 0.508 e. The third-order valence-electron chi connectivity index (χ3n) is 1.08. The standard InChI is InChI=1S/C8H8O3.2C5H12.C2H6/c1-6(9)11-8-4-2-3-7(10)5-8;2*1-5(2,3)4;1-2/h2-5,10H,1H3;2*1-4H3;1-2H3. The zero-order valence-corrected chi connectivity index (χ0v) is 17.1. The van der Waals surface area contributed by atoms with Gasteiger partial charge in [-0.2, -0.15) is 0 Å². The number of aromatic hydroxyl groups is 1. The van der Waals surface area contributed by atoms with Gasteiger partial charge in [0.2, 0.25) is 0 Å². The Morgan fingerprint density at radius 2 is 1.26 bits per heavy atom. The first-order chi connectivity index (χ1) is 10.2. The van der Waals surface area contributed by atoms with Gasteiger partial charge >= 0.3 is 5.97 Å². The first kappa shape index (κ1) is 26.4. The molecule has 0 unspecified atom stereocenters. The quantitative estimate of drug-likeness (QED) is 0.476. The smallest absolute Gasteiger partial charge is 0.308 e. The molecule has 3 nitrogen and oxygen atoms in total. The van der Waals surface area contributed by atoms with Crippen molar-refractivity contribution >= 4 is 5.97 Å². The zero-order valence-electron chi connectivity index (χ0n) is 17.1. The van der Waals surface area contributed by atoms with E-state index in [2.05, 4.69) is 55.4 Å². The number of rotatable bonds is 1. The van der Waals surface area contributed by atoms with Gasteiger partial charge in [0.15, 0.2) is 0 Å². The Hall–Kier alpha value is -1.51. The number of ether oxygens (including phenoxy) is 1. The van der Waals surface area contributed by atoms with E-state index < -0.39 is 5.97 Å². The van der Waals surface area contributed by atoms with E-state index in [1.165, 1.54) is 19.1 Å². The van der Waals surface area contributed by atoms with Crippen molar-refractivity contribution in [2.45, 2.75) is 76.2 Å². The van der Waals surface area contributed by atoms with Crippen LogP contribution in [0.1, 0.15) is 76.2 Å². The lowest BCUT2D eigenvalue weighted by atomic mass is 10.0. The maximum absolute atomic E-state index is 10.4. The molecule has 0 aromatic heterocycles. The van der Waals surface area contributed by atoms with Crippen LogP contribution in [0.2, 0.25) is 0 Å². The number of benzene rings is 1. The summed E-state index contributed by atoms with van der Waals surface area (Å²) in [5.41, 5.74) is 1.00. The number of hydrogen-bond acceptors (Lipinski definition) is 3. The Labute approximate surface area is 144 Å². The van der Waals surface area contributed by atoms with Crippen molar-refractivity contribution in [2.75, 3.05) is 0 Å². The van der Waals surface area contributed by atoms with Gasteiger partial charge in [-0.1, -0.05) is 75.3 Å². The number of phenols is 1. The highest BCUT2D eigenvalue weighted by molar-refractivity contribution is 5.69. The van der Waals surface area contributed by atoms with E-state index in [0.29, 0.717) is 16.6 Å². The van der Waals surface area contributed by atoms with Crippen LogP contribution in [0, 0.1) is 10.8 Å². The van der Waals surface area contributed by atoms with Crippen LogP contribution in [0.5, 0.6) is 11.5 Å². The maximum atomic E-state index is 10.4. The fraction of sp³-hybridized carbons (Fsp3) is 0.650. The van der Waals surface area contributed by atoms with Crippen LogP contribution in [0.25, 0.3) is 0 Å². The molecule has 136 valence electrons. The maximum Gasteiger partial charge on any atom is 0.308 e. The summed E-state index contributed by atoms with van der Waals surface area (Å²) in [5.74, 6) is 0.0526. The molecular weight excluding hydrogens is 288 g/mol. The van der Waals surface area contributed by atoms with E-state index in [4.69, 9.17) is 9.84 Å². The SMILES string of the molecule is CC.CC(=O)Oc1cccc(O)c1.CC(C)(C)C.CC(C)(C)C. The van der Waals surface area contributed by atoms with Crippen LogP contribution >= 0.6 is 0 Å². The average Bonchev–Trinajstić information content (AvgIpc) is 2.26. The topological polar surface area (TPSA) is 46.5 Å². The molecule has 0 bridgehead atoms. The van der Waals surface area contributed by atoms with Crippen LogP contribution in [0.15, 0.2) is 24.3 Å². The molecule has 1 aromatic rings. The van der Waals surface area contributed by atoms with Gasteiger partial charge in [0, 0.05) is 13.0 Å². The molecule has 1 rings (SSSR count). The molecule has 0 aliphatic carbocycles. The number of esters is 1. The van der Waals surface area contributed by atoms with Gasteiger partial charge < -0.3 is 9.84 Å². The average molecular weight is 327 g/mol. The minimum absolute atomic E-state index is 0.0868. The van der Waals surface area contributed by atoms with Crippen LogP contribution in [0.3, 0.4) is 0 Å². The van der Waals surface area contributed by atoms with Crippen molar-refractivity contribution in [3.05, 3.63) is 24.3 Å². The third kappa shape index (κ3) is 44.9. The molecule has 0 aliphatic rings. The van der Waals surface area contributed by atoms with Gasteiger partial charge in [0.05, 0.1) is 0 Å². The summed E-state index contributed by atoms with van der Waals surface area (Å²) in [7, 11) is 0. The Balaban J connectivity index is -0.000000282. The van der Waals surface area contributed by atoms with E-state index >= 15 is 0 Å². The van der Waals surface area contributed by atoms with Crippen molar-refractivity contribution in [2.24, 2.45) is 10.8 Å². The predicted octanol–water partition coefficient (Wildman–Crippen LogP) is 6.45. The molecule has 0 saturated heterocycles. The molecule has 0 radical (unpaired) electrons. The Morgan fingerprint density at radius 3 is 1.52 bits per heavy atom. The van der Waals surface area contributed by atoms with Crippen molar-refractivity contribution < 1.29 is 14.6 Å². The minimum Gasteiger partial charge on any atom is -0.508 e. The number of carbonyl (C=O) groups is 1. The second kappa shape index (κ2) is 13.0. The fourth-order valence-electron chi connectivity index (χ4n) is 0.713. The summed E-state index contributed by atoms with van der Waals surface area (Å²) in [5, 5.41) is 8.93. The molecule has 0 aliphatic heterocycles. The van der Waals surface area contributed by atoms with Crippen molar-refractivity contribution in [1.82, 2.24) is 0 Å².